The van der Waals surface area contributed by atoms with Crippen molar-refractivity contribution in [3.63, 3.8) is 0 Å². The highest BCUT2D eigenvalue weighted by Gasteiger charge is 2.36. The van der Waals surface area contributed by atoms with Gasteiger partial charge in [-0.05, 0) is 60.4 Å². The monoisotopic (exact) mass is 418 g/mol. The summed E-state index contributed by atoms with van der Waals surface area (Å²) in [5.41, 5.74) is 7.35. The van der Waals surface area contributed by atoms with Gasteiger partial charge in [-0.3, -0.25) is 9.59 Å². The van der Waals surface area contributed by atoms with Crippen LogP contribution in [0.4, 0.5) is 4.39 Å². The van der Waals surface area contributed by atoms with Gasteiger partial charge < -0.3 is 9.30 Å². The van der Waals surface area contributed by atoms with E-state index >= 15 is 0 Å². The second kappa shape index (κ2) is 6.25. The minimum atomic E-state index is -0.434. The summed E-state index contributed by atoms with van der Waals surface area (Å²) in [6, 6.07) is 3.48. The third-order valence-corrected chi connectivity index (χ3v) is 7.49. The van der Waals surface area contributed by atoms with Crippen molar-refractivity contribution >= 4 is 16.9 Å². The molecule has 5 nitrogen and oxygen atoms in total. The van der Waals surface area contributed by atoms with Crippen LogP contribution in [0.3, 0.4) is 0 Å². The first-order chi connectivity index (χ1) is 14.9. The summed E-state index contributed by atoms with van der Waals surface area (Å²) in [6.45, 7) is 6.44. The number of halogens is 1. The second-order valence-corrected chi connectivity index (χ2v) is 9.07. The zero-order chi connectivity index (χ0) is 21.6. The van der Waals surface area contributed by atoms with Gasteiger partial charge in [0.2, 0.25) is 0 Å². The topological polar surface area (TPSA) is 61.2 Å². The van der Waals surface area contributed by atoms with E-state index in [1.165, 1.54) is 11.6 Å². The van der Waals surface area contributed by atoms with Crippen LogP contribution in [0.25, 0.3) is 22.3 Å². The molecule has 2 unspecified atom stereocenters. The molecule has 0 radical (unpaired) electrons. The Morgan fingerprint density at radius 3 is 2.81 bits per heavy atom. The van der Waals surface area contributed by atoms with Crippen molar-refractivity contribution in [3.05, 3.63) is 61.7 Å². The fourth-order valence-corrected chi connectivity index (χ4v) is 5.81. The Kier molecular flexibility index (Phi) is 3.78. The van der Waals surface area contributed by atoms with Gasteiger partial charge in [-0.1, -0.05) is 13.8 Å². The van der Waals surface area contributed by atoms with Gasteiger partial charge in [-0.15, -0.1) is 0 Å². The highest BCUT2D eigenvalue weighted by molar-refractivity contribution is 5.93. The van der Waals surface area contributed by atoms with Gasteiger partial charge in [-0.25, -0.2) is 9.37 Å². The Hall–Kier alpha value is -3.02. The molecule has 3 aromatic rings. The third-order valence-electron chi connectivity index (χ3n) is 7.49. The SMILES string of the molecule is CCC1C(=O)OCc2c1cc1n(c2=O)Cc2c-1nc1cc(F)c(C)c3c1c2C(C)CC3. The molecule has 6 rings (SSSR count). The molecule has 2 aliphatic heterocycles. The number of hydrogen-bond donors (Lipinski definition) is 0. The van der Waals surface area contributed by atoms with Crippen LogP contribution in [-0.2, 0) is 29.1 Å². The maximum Gasteiger partial charge on any atom is 0.313 e. The first-order valence-corrected chi connectivity index (χ1v) is 11.0. The number of rotatable bonds is 1. The van der Waals surface area contributed by atoms with Crippen molar-refractivity contribution in [2.45, 2.75) is 65.0 Å². The number of esters is 1. The molecular formula is C25H23FN2O3. The summed E-state index contributed by atoms with van der Waals surface area (Å²) in [6.07, 6.45) is 2.36. The van der Waals surface area contributed by atoms with Crippen molar-refractivity contribution in [3.8, 4) is 11.4 Å². The van der Waals surface area contributed by atoms with Crippen molar-refractivity contribution in [1.29, 1.82) is 0 Å². The van der Waals surface area contributed by atoms with E-state index in [2.05, 4.69) is 6.92 Å². The molecule has 0 amide bonds. The Morgan fingerprint density at radius 1 is 1.23 bits per heavy atom. The van der Waals surface area contributed by atoms with E-state index in [0.717, 1.165) is 46.3 Å². The lowest BCUT2D eigenvalue weighted by molar-refractivity contribution is -0.148. The summed E-state index contributed by atoms with van der Waals surface area (Å²) >= 11 is 0. The Balaban J connectivity index is 1.69. The molecule has 0 N–H and O–H groups in total. The van der Waals surface area contributed by atoms with Crippen LogP contribution >= 0.6 is 0 Å². The summed E-state index contributed by atoms with van der Waals surface area (Å²) in [4.78, 5) is 30.6. The predicted molar refractivity (Wildman–Crippen MR) is 115 cm³/mol. The van der Waals surface area contributed by atoms with E-state index < -0.39 is 5.92 Å². The third kappa shape index (κ3) is 2.33. The smallest absolute Gasteiger partial charge is 0.313 e. The van der Waals surface area contributed by atoms with Crippen LogP contribution in [-0.4, -0.2) is 15.5 Å². The number of benzene rings is 1. The maximum absolute atomic E-state index is 14.7. The number of carbonyl (C=O) groups is 1. The average molecular weight is 418 g/mol. The largest absolute Gasteiger partial charge is 0.460 e. The average Bonchev–Trinajstić information content (AvgIpc) is 3.11. The molecule has 0 bridgehead atoms. The molecule has 4 heterocycles. The lowest BCUT2D eigenvalue weighted by Crippen LogP contribution is -2.32. The molecule has 31 heavy (non-hydrogen) atoms. The van der Waals surface area contributed by atoms with Gasteiger partial charge in [0.05, 0.1) is 34.9 Å². The van der Waals surface area contributed by atoms with Gasteiger partial charge in [0.1, 0.15) is 12.4 Å². The highest BCUT2D eigenvalue weighted by atomic mass is 19.1. The second-order valence-electron chi connectivity index (χ2n) is 9.07. The quantitative estimate of drug-likeness (QED) is 0.428. The van der Waals surface area contributed by atoms with E-state index in [9.17, 15) is 14.0 Å². The molecule has 0 saturated carbocycles. The van der Waals surface area contributed by atoms with Gasteiger partial charge >= 0.3 is 5.97 Å². The fraction of sp³-hybridized carbons (Fsp3) is 0.400. The summed E-state index contributed by atoms with van der Waals surface area (Å²) in [5, 5.41) is 1.06. The molecule has 0 saturated heterocycles. The molecule has 0 spiro atoms. The number of hydrogen-bond acceptors (Lipinski definition) is 4. The number of aryl methyl sites for hydroxylation is 1. The van der Waals surface area contributed by atoms with Crippen LogP contribution in [0.2, 0.25) is 0 Å². The summed E-state index contributed by atoms with van der Waals surface area (Å²) in [5.74, 6) is -0.639. The molecular weight excluding hydrogens is 395 g/mol. The van der Waals surface area contributed by atoms with E-state index in [-0.39, 0.29) is 24.0 Å². The van der Waals surface area contributed by atoms with Gasteiger partial charge in [0.25, 0.3) is 5.56 Å². The van der Waals surface area contributed by atoms with Gasteiger partial charge in [0, 0.05) is 17.0 Å². The van der Waals surface area contributed by atoms with Crippen molar-refractivity contribution in [1.82, 2.24) is 9.55 Å². The van der Waals surface area contributed by atoms with Crippen molar-refractivity contribution in [2.75, 3.05) is 0 Å². The van der Waals surface area contributed by atoms with Crippen molar-refractivity contribution in [2.24, 2.45) is 0 Å². The number of aromatic nitrogens is 2. The van der Waals surface area contributed by atoms with Crippen LogP contribution in [0.15, 0.2) is 16.9 Å². The number of pyridine rings is 2. The summed E-state index contributed by atoms with van der Waals surface area (Å²) in [7, 11) is 0. The van der Waals surface area contributed by atoms with E-state index in [1.54, 1.807) is 4.57 Å². The van der Waals surface area contributed by atoms with Crippen LogP contribution in [0, 0.1) is 12.7 Å². The first-order valence-electron chi connectivity index (χ1n) is 11.0. The lowest BCUT2D eigenvalue weighted by atomic mass is 9.79. The Labute approximate surface area is 178 Å². The molecule has 1 aliphatic carbocycles. The van der Waals surface area contributed by atoms with E-state index in [0.29, 0.717) is 35.5 Å². The molecule has 2 aromatic heterocycles. The molecule has 2 atom stereocenters. The van der Waals surface area contributed by atoms with E-state index in [1.807, 2.05) is 19.9 Å². The first kappa shape index (κ1) is 18.7. The lowest BCUT2D eigenvalue weighted by Gasteiger charge is -2.26. The zero-order valence-electron chi connectivity index (χ0n) is 17.8. The van der Waals surface area contributed by atoms with Crippen LogP contribution in [0.5, 0.6) is 0 Å². The van der Waals surface area contributed by atoms with Crippen LogP contribution in [0.1, 0.15) is 71.9 Å². The van der Waals surface area contributed by atoms with Gasteiger partial charge in [0.15, 0.2) is 0 Å². The highest BCUT2D eigenvalue weighted by Crippen LogP contribution is 2.45. The van der Waals surface area contributed by atoms with Crippen molar-refractivity contribution < 1.29 is 13.9 Å². The molecule has 1 aromatic carbocycles. The normalized spacial score (nSPS) is 21.0. The standard InChI is InChI=1S/C25H23FN2O3/c1-4-13-15-7-20-23-16(9-28(20)24(29)17(15)10-31-25(13)30)21-11(2)5-6-14-12(3)18(26)8-19(27-23)22(14)21/h7-8,11,13H,4-6,9-10H2,1-3H3. The number of fused-ring (bicyclic) bond motifs is 5. The minimum Gasteiger partial charge on any atom is -0.460 e. The Morgan fingerprint density at radius 2 is 2.03 bits per heavy atom. The fourth-order valence-electron chi connectivity index (χ4n) is 5.81. The number of carbonyl (C=O) groups excluding carboxylic acids is 1. The van der Waals surface area contributed by atoms with Crippen LogP contribution < -0.4 is 5.56 Å². The molecule has 3 aliphatic rings. The number of ether oxygens (including phenoxy) is 1. The Bertz CT molecular complexity index is 1390. The zero-order valence-corrected chi connectivity index (χ0v) is 17.8. The maximum atomic E-state index is 14.7. The molecule has 158 valence electrons. The summed E-state index contributed by atoms with van der Waals surface area (Å²) < 4.78 is 21.7. The number of nitrogens with zero attached hydrogens (tertiary/aromatic N) is 2. The molecule has 6 heteroatoms. The number of cyclic esters (lactones) is 1. The minimum absolute atomic E-state index is 0.0212. The predicted octanol–water partition coefficient (Wildman–Crippen LogP) is 4.47. The van der Waals surface area contributed by atoms with Gasteiger partial charge in [-0.2, -0.15) is 0 Å². The molecule has 0 fully saturated rings. The van der Waals surface area contributed by atoms with E-state index in [4.69, 9.17) is 9.72 Å².